The number of amides is 2. The number of nitrogens with one attached hydrogen (secondary N) is 3. The molecule has 0 saturated heterocycles. The van der Waals surface area contributed by atoms with Gasteiger partial charge in [-0.2, -0.15) is 5.10 Å². The lowest BCUT2D eigenvalue weighted by Gasteiger charge is -2.30. The maximum atomic E-state index is 13.3. The van der Waals surface area contributed by atoms with E-state index in [1.54, 1.807) is 18.2 Å². The van der Waals surface area contributed by atoms with Crippen LogP contribution in [0.2, 0.25) is 0 Å². The Hall–Kier alpha value is -3.89. The van der Waals surface area contributed by atoms with Gasteiger partial charge in [-0.25, -0.2) is 18.6 Å². The molecule has 5 N–H and O–H groups in total. The molecule has 4 rings (SSSR count). The molecule has 2 heterocycles. The van der Waals surface area contributed by atoms with Crippen LogP contribution in [0, 0.1) is 11.6 Å². The van der Waals surface area contributed by atoms with Crippen LogP contribution in [0.1, 0.15) is 31.1 Å². The third-order valence-corrected chi connectivity index (χ3v) is 5.31. The molecule has 4 aromatic rings. The van der Waals surface area contributed by atoms with Crippen molar-refractivity contribution in [3.05, 3.63) is 77.5 Å². The van der Waals surface area contributed by atoms with Crippen LogP contribution in [-0.4, -0.2) is 37.0 Å². The Labute approximate surface area is 193 Å². The number of halogens is 2. The molecule has 0 aliphatic carbocycles. The summed E-state index contributed by atoms with van der Waals surface area (Å²) in [5.74, 6) is -0.681. The Morgan fingerprint density at radius 3 is 2.29 bits per heavy atom. The minimum absolute atomic E-state index is 0.136. The summed E-state index contributed by atoms with van der Waals surface area (Å²) in [4.78, 5) is 17.1. The van der Waals surface area contributed by atoms with Gasteiger partial charge in [0.15, 0.2) is 0 Å². The van der Waals surface area contributed by atoms with Gasteiger partial charge in [0.2, 0.25) is 0 Å². The van der Waals surface area contributed by atoms with Crippen molar-refractivity contribution in [2.75, 3.05) is 5.32 Å². The van der Waals surface area contributed by atoms with E-state index in [-0.39, 0.29) is 17.3 Å². The first-order valence-electron chi connectivity index (χ1n) is 10.5. The van der Waals surface area contributed by atoms with Crippen molar-refractivity contribution in [1.29, 1.82) is 0 Å². The summed E-state index contributed by atoms with van der Waals surface area (Å²) in [7, 11) is 0. The number of nitrogens with zero attached hydrogens (tertiary/aromatic N) is 2. The van der Waals surface area contributed by atoms with Gasteiger partial charge in [0.05, 0.1) is 34.8 Å². The second kappa shape index (κ2) is 9.16. The number of rotatable bonds is 6. The number of aromatic amines is 1. The minimum Gasteiger partial charge on any atom is -0.390 e. The van der Waals surface area contributed by atoms with Gasteiger partial charge in [-0.05, 0) is 55.8 Å². The lowest BCUT2D eigenvalue weighted by Crippen LogP contribution is -2.44. The van der Waals surface area contributed by atoms with Crippen LogP contribution in [0.5, 0.6) is 0 Å². The number of H-pyrrole nitrogens is 1. The number of urea groups is 1. The summed E-state index contributed by atoms with van der Waals surface area (Å²) in [5, 5.41) is 33.4. The largest absolute Gasteiger partial charge is 0.390 e. The first-order chi connectivity index (χ1) is 16.2. The lowest BCUT2D eigenvalue weighted by atomic mass is 9.92. The molecular formula is C24H23F2N5O3. The number of hydrogen-bond donors (Lipinski definition) is 5. The normalized spacial score (nSPS) is 12.5. The molecule has 0 aliphatic heterocycles. The Bertz CT molecular complexity index is 1320. The maximum Gasteiger partial charge on any atom is 0.320 e. The monoisotopic (exact) mass is 467 g/mol. The van der Waals surface area contributed by atoms with Crippen LogP contribution >= 0.6 is 0 Å². The Morgan fingerprint density at radius 2 is 1.71 bits per heavy atom. The zero-order valence-corrected chi connectivity index (χ0v) is 18.4. The molecule has 0 saturated carbocycles. The van der Waals surface area contributed by atoms with Crippen LogP contribution in [0.4, 0.5) is 19.4 Å². The van der Waals surface area contributed by atoms with Crippen molar-refractivity contribution in [3.8, 4) is 11.3 Å². The third-order valence-electron chi connectivity index (χ3n) is 5.31. The van der Waals surface area contributed by atoms with Gasteiger partial charge in [-0.3, -0.25) is 10.4 Å². The molecule has 0 radical (unpaired) electrons. The standard InChI is InChI=1S/C24H23F2N5O3/c1-24(2,34)22(14-5-9-16(26)10-6-14)29-23(33)28-19-11-17-20(18(12-32)27-19)21(31-30-17)13-3-7-15(25)8-4-13/h3-11,22,32,34H,12H2,1-2H3,(H,30,31)(H2,27,28,29,33)/t22-/m0/s1. The van der Waals surface area contributed by atoms with E-state index in [1.807, 2.05) is 0 Å². The molecule has 0 spiro atoms. The van der Waals surface area contributed by atoms with Crippen molar-refractivity contribution in [3.63, 3.8) is 0 Å². The molecule has 0 unspecified atom stereocenters. The van der Waals surface area contributed by atoms with Crippen molar-refractivity contribution < 1.29 is 23.8 Å². The molecule has 0 aliphatic rings. The molecule has 176 valence electrons. The Balaban J connectivity index is 1.60. The maximum absolute atomic E-state index is 13.3. The number of aromatic nitrogens is 3. The molecule has 34 heavy (non-hydrogen) atoms. The molecule has 1 atom stereocenters. The number of pyridine rings is 1. The smallest absolute Gasteiger partial charge is 0.320 e. The summed E-state index contributed by atoms with van der Waals surface area (Å²) in [5.41, 5.74) is 1.05. The molecule has 8 nitrogen and oxygen atoms in total. The van der Waals surface area contributed by atoms with Gasteiger partial charge in [0, 0.05) is 11.6 Å². The Morgan fingerprint density at radius 1 is 1.09 bits per heavy atom. The fourth-order valence-corrected chi connectivity index (χ4v) is 3.72. The summed E-state index contributed by atoms with van der Waals surface area (Å²) < 4.78 is 26.6. The number of aliphatic hydroxyl groups excluding tert-OH is 1. The molecule has 2 amide bonds. The lowest BCUT2D eigenvalue weighted by molar-refractivity contribution is 0.0415. The van der Waals surface area contributed by atoms with Gasteiger partial charge in [-0.15, -0.1) is 0 Å². The summed E-state index contributed by atoms with van der Waals surface area (Å²) in [6.07, 6.45) is 0. The Kier molecular flexibility index (Phi) is 6.27. The number of aliphatic hydroxyl groups is 2. The van der Waals surface area contributed by atoms with E-state index in [0.29, 0.717) is 27.7 Å². The van der Waals surface area contributed by atoms with Crippen LogP contribution in [0.3, 0.4) is 0 Å². The number of carbonyl (C=O) groups is 1. The van der Waals surface area contributed by atoms with Crippen LogP contribution < -0.4 is 10.6 Å². The van der Waals surface area contributed by atoms with Crippen molar-refractivity contribution in [1.82, 2.24) is 20.5 Å². The summed E-state index contributed by atoms with van der Waals surface area (Å²) in [6, 6.07) is 11.2. The predicted molar refractivity (Wildman–Crippen MR) is 123 cm³/mol. The molecule has 0 bridgehead atoms. The van der Waals surface area contributed by atoms with E-state index in [4.69, 9.17) is 0 Å². The molecule has 0 fully saturated rings. The van der Waals surface area contributed by atoms with E-state index < -0.39 is 30.1 Å². The summed E-state index contributed by atoms with van der Waals surface area (Å²) >= 11 is 0. The number of benzene rings is 2. The zero-order chi connectivity index (χ0) is 24.5. The van der Waals surface area contributed by atoms with Gasteiger partial charge >= 0.3 is 6.03 Å². The quantitative estimate of drug-likeness (QED) is 0.293. The first-order valence-corrected chi connectivity index (χ1v) is 10.5. The fraction of sp³-hybridized carbons (Fsp3) is 0.208. The third kappa shape index (κ3) is 4.87. The highest BCUT2D eigenvalue weighted by molar-refractivity contribution is 5.97. The average Bonchev–Trinajstić information content (AvgIpc) is 3.21. The molecular weight excluding hydrogens is 444 g/mol. The van der Waals surface area contributed by atoms with Crippen LogP contribution in [0.15, 0.2) is 54.6 Å². The highest BCUT2D eigenvalue weighted by atomic mass is 19.1. The number of fused-ring (bicyclic) bond motifs is 1. The summed E-state index contributed by atoms with van der Waals surface area (Å²) in [6.45, 7) is 2.62. The van der Waals surface area contributed by atoms with Gasteiger partial charge in [0.1, 0.15) is 23.1 Å². The van der Waals surface area contributed by atoms with Crippen molar-refractivity contribution >= 4 is 22.8 Å². The van der Waals surface area contributed by atoms with Crippen LogP contribution in [-0.2, 0) is 6.61 Å². The molecule has 10 heteroatoms. The van der Waals surface area contributed by atoms with E-state index in [9.17, 15) is 23.8 Å². The SMILES string of the molecule is CC(C)(O)[C@@H](NC(=O)Nc1cc2[nH]nc(-c3ccc(F)cc3)c2c(CO)n1)c1ccc(F)cc1. The van der Waals surface area contributed by atoms with Gasteiger partial charge in [0.25, 0.3) is 0 Å². The van der Waals surface area contributed by atoms with E-state index in [0.717, 1.165) is 0 Å². The second-order valence-corrected chi connectivity index (χ2v) is 8.35. The van der Waals surface area contributed by atoms with Gasteiger partial charge < -0.3 is 15.5 Å². The first kappa shape index (κ1) is 23.3. The van der Waals surface area contributed by atoms with Gasteiger partial charge in [-0.1, -0.05) is 12.1 Å². The van der Waals surface area contributed by atoms with E-state index in [2.05, 4.69) is 25.8 Å². The average molecular weight is 467 g/mol. The topological polar surface area (TPSA) is 123 Å². The highest BCUT2D eigenvalue weighted by Gasteiger charge is 2.30. The number of carbonyl (C=O) groups excluding carboxylic acids is 1. The van der Waals surface area contributed by atoms with Crippen LogP contribution in [0.25, 0.3) is 22.2 Å². The van der Waals surface area contributed by atoms with Crippen molar-refractivity contribution in [2.24, 2.45) is 0 Å². The van der Waals surface area contributed by atoms with E-state index in [1.165, 1.54) is 50.2 Å². The molecule has 2 aromatic carbocycles. The number of hydrogen-bond acceptors (Lipinski definition) is 5. The highest BCUT2D eigenvalue weighted by Crippen LogP contribution is 2.30. The minimum atomic E-state index is -1.35. The molecule has 2 aromatic heterocycles. The van der Waals surface area contributed by atoms with Crippen molar-refractivity contribution in [2.45, 2.75) is 32.1 Å². The second-order valence-electron chi connectivity index (χ2n) is 8.35. The van der Waals surface area contributed by atoms with E-state index >= 15 is 0 Å². The zero-order valence-electron chi connectivity index (χ0n) is 18.4. The predicted octanol–water partition coefficient (Wildman–Crippen LogP) is 4.03. The number of anilines is 1. The fourth-order valence-electron chi connectivity index (χ4n) is 3.72.